The average Bonchev–Trinajstić information content (AvgIpc) is 2.97. The summed E-state index contributed by atoms with van der Waals surface area (Å²) in [6.45, 7) is 1.50. The Balaban J connectivity index is 2.00. The van der Waals surface area contributed by atoms with Gasteiger partial charge >= 0.3 is 0 Å². The summed E-state index contributed by atoms with van der Waals surface area (Å²) in [7, 11) is 3.21. The zero-order valence-electron chi connectivity index (χ0n) is 13.6. The SMILES string of the molecule is C[C@@H](O)[C@]([Si])(C(=O)NO)N1Cc2cc(-c3ccccc3)ccc2C1=O. The van der Waals surface area contributed by atoms with Crippen molar-refractivity contribution in [2.45, 2.75) is 24.7 Å². The van der Waals surface area contributed by atoms with E-state index in [9.17, 15) is 14.7 Å². The van der Waals surface area contributed by atoms with E-state index in [2.05, 4.69) is 10.2 Å². The number of benzene rings is 2. The van der Waals surface area contributed by atoms with E-state index in [0.29, 0.717) is 5.56 Å². The van der Waals surface area contributed by atoms with E-state index < -0.39 is 23.1 Å². The summed E-state index contributed by atoms with van der Waals surface area (Å²) in [5.74, 6) is -1.31. The average molecular weight is 353 g/mol. The van der Waals surface area contributed by atoms with E-state index in [1.165, 1.54) is 17.3 Å². The molecule has 0 saturated heterocycles. The molecule has 0 fully saturated rings. The minimum Gasteiger partial charge on any atom is -0.391 e. The normalized spacial score (nSPS) is 17.0. The van der Waals surface area contributed by atoms with Crippen molar-refractivity contribution in [3.63, 3.8) is 0 Å². The molecule has 3 N–H and O–H groups in total. The first kappa shape index (κ1) is 17.3. The number of amides is 2. The van der Waals surface area contributed by atoms with Gasteiger partial charge in [-0.05, 0) is 35.7 Å². The van der Waals surface area contributed by atoms with Gasteiger partial charge in [0.1, 0.15) is 5.16 Å². The lowest BCUT2D eigenvalue weighted by Crippen LogP contribution is -2.65. The summed E-state index contributed by atoms with van der Waals surface area (Å²) >= 11 is 0. The minimum absolute atomic E-state index is 0.136. The van der Waals surface area contributed by atoms with Crippen molar-refractivity contribution in [1.82, 2.24) is 10.4 Å². The topological polar surface area (TPSA) is 89.9 Å². The molecule has 1 aliphatic heterocycles. The Morgan fingerprint density at radius 2 is 1.92 bits per heavy atom. The molecule has 0 bridgehead atoms. The number of hydrogen-bond acceptors (Lipinski definition) is 4. The summed E-state index contributed by atoms with van der Waals surface area (Å²) < 4.78 is 0. The minimum atomic E-state index is -1.77. The van der Waals surface area contributed by atoms with Gasteiger partial charge in [0, 0.05) is 12.1 Å². The molecule has 3 radical (unpaired) electrons. The van der Waals surface area contributed by atoms with E-state index in [0.717, 1.165) is 16.7 Å². The molecule has 7 heteroatoms. The molecule has 25 heavy (non-hydrogen) atoms. The summed E-state index contributed by atoms with van der Waals surface area (Å²) in [6.07, 6.45) is -1.25. The number of rotatable bonds is 4. The third-order valence-corrected chi connectivity index (χ3v) is 5.41. The second-order valence-electron chi connectivity index (χ2n) is 6.01. The number of hydrogen-bond donors (Lipinski definition) is 3. The number of hydroxylamine groups is 1. The van der Waals surface area contributed by atoms with Gasteiger partial charge in [0.15, 0.2) is 0 Å². The van der Waals surface area contributed by atoms with Gasteiger partial charge in [0.2, 0.25) is 0 Å². The molecule has 3 rings (SSSR count). The van der Waals surface area contributed by atoms with Gasteiger partial charge in [-0.25, -0.2) is 5.48 Å². The third kappa shape index (κ3) is 2.76. The van der Waals surface area contributed by atoms with Gasteiger partial charge in [0.25, 0.3) is 11.8 Å². The highest BCUT2D eigenvalue weighted by atomic mass is 28.1. The third-order valence-electron chi connectivity index (χ3n) is 4.49. The Bertz CT molecular complexity index is 825. The molecule has 0 saturated carbocycles. The first-order valence-electron chi connectivity index (χ1n) is 7.77. The van der Waals surface area contributed by atoms with Crippen LogP contribution in [0.5, 0.6) is 0 Å². The van der Waals surface area contributed by atoms with Crippen LogP contribution in [0.1, 0.15) is 22.8 Å². The summed E-state index contributed by atoms with van der Waals surface area (Å²) in [5, 5.41) is 17.3. The molecule has 1 aliphatic rings. The second kappa shape index (κ2) is 6.44. The number of nitrogens with zero attached hydrogens (tertiary/aromatic N) is 1. The van der Waals surface area contributed by atoms with Crippen LogP contribution < -0.4 is 5.48 Å². The summed E-state index contributed by atoms with van der Waals surface area (Å²) in [4.78, 5) is 26.0. The van der Waals surface area contributed by atoms with Crippen LogP contribution in [0.25, 0.3) is 11.1 Å². The van der Waals surface area contributed by atoms with Gasteiger partial charge in [-0.1, -0.05) is 36.4 Å². The predicted molar refractivity (Wildman–Crippen MR) is 91.8 cm³/mol. The van der Waals surface area contributed by atoms with Crippen LogP contribution in [0.4, 0.5) is 0 Å². The quantitative estimate of drug-likeness (QED) is 0.436. The monoisotopic (exact) mass is 353 g/mol. The van der Waals surface area contributed by atoms with Crippen molar-refractivity contribution in [3.05, 3.63) is 59.7 Å². The van der Waals surface area contributed by atoms with Crippen LogP contribution in [0.3, 0.4) is 0 Å². The highest BCUT2D eigenvalue weighted by molar-refractivity contribution is 6.30. The molecule has 6 nitrogen and oxygen atoms in total. The molecule has 127 valence electrons. The van der Waals surface area contributed by atoms with Crippen LogP contribution in [0.2, 0.25) is 0 Å². The Hall–Kier alpha value is -2.48. The van der Waals surface area contributed by atoms with Crippen molar-refractivity contribution in [1.29, 1.82) is 0 Å². The van der Waals surface area contributed by atoms with Crippen molar-refractivity contribution in [3.8, 4) is 11.1 Å². The number of aliphatic hydroxyl groups excluding tert-OH is 1. The first-order chi connectivity index (χ1) is 11.9. The molecular weight excluding hydrogens is 336 g/mol. The predicted octanol–water partition coefficient (Wildman–Crippen LogP) is 1.06. The van der Waals surface area contributed by atoms with Gasteiger partial charge in [-0.15, -0.1) is 0 Å². The maximum Gasteiger partial charge on any atom is 0.267 e. The molecule has 0 spiro atoms. The van der Waals surface area contributed by atoms with E-state index in [1.54, 1.807) is 6.07 Å². The first-order valence-corrected chi connectivity index (χ1v) is 8.27. The van der Waals surface area contributed by atoms with E-state index >= 15 is 0 Å². The van der Waals surface area contributed by atoms with Gasteiger partial charge in [-0.2, -0.15) is 0 Å². The van der Waals surface area contributed by atoms with E-state index in [-0.39, 0.29) is 6.54 Å². The van der Waals surface area contributed by atoms with Gasteiger partial charge < -0.3 is 10.0 Å². The fourth-order valence-electron chi connectivity index (χ4n) is 3.04. The molecule has 0 unspecified atom stereocenters. The van der Waals surface area contributed by atoms with Crippen LogP contribution in [0, 0.1) is 0 Å². The molecule has 2 atom stereocenters. The van der Waals surface area contributed by atoms with E-state index in [1.807, 2.05) is 42.5 Å². The lowest BCUT2D eigenvalue weighted by molar-refractivity contribution is -0.140. The highest BCUT2D eigenvalue weighted by Gasteiger charge is 2.49. The van der Waals surface area contributed by atoms with Crippen molar-refractivity contribution >= 4 is 22.1 Å². The largest absolute Gasteiger partial charge is 0.391 e. The maximum absolute atomic E-state index is 12.7. The maximum atomic E-state index is 12.7. The molecule has 2 aromatic carbocycles. The number of fused-ring (bicyclic) bond motifs is 1. The molecular formula is C18H17N2O4Si. The fourth-order valence-corrected chi connectivity index (χ4v) is 3.28. The standard InChI is InChI=1S/C18H17N2O4Si/c1-11(21)18(25,17(23)19-24)20-10-14-9-13(7-8-15(14)16(20)22)12-5-3-2-4-6-12/h2-9,11,21,24H,10H2,1H3,(H,19,23)/t11-,18+/m1/s1. The molecule has 2 aromatic rings. The Labute approximate surface area is 148 Å². The van der Waals surface area contributed by atoms with Crippen molar-refractivity contribution < 1.29 is 19.9 Å². The molecule has 0 aromatic heterocycles. The lowest BCUT2D eigenvalue weighted by atomic mass is 10.0. The number of carbonyl (C=O) groups excluding carboxylic acids is 2. The molecule has 1 heterocycles. The number of nitrogens with one attached hydrogen (secondary N) is 1. The van der Waals surface area contributed by atoms with Crippen LogP contribution >= 0.6 is 0 Å². The summed E-state index contributed by atoms with van der Waals surface area (Å²) in [5.41, 5.74) is 4.70. The van der Waals surface area contributed by atoms with Crippen molar-refractivity contribution in [2.75, 3.05) is 0 Å². The van der Waals surface area contributed by atoms with E-state index in [4.69, 9.17) is 5.21 Å². The zero-order valence-corrected chi connectivity index (χ0v) is 14.6. The molecule has 0 aliphatic carbocycles. The summed E-state index contributed by atoms with van der Waals surface area (Å²) in [6, 6.07) is 15.2. The van der Waals surface area contributed by atoms with Gasteiger partial charge in [0.05, 0.1) is 16.3 Å². The van der Waals surface area contributed by atoms with Crippen LogP contribution in [0.15, 0.2) is 48.5 Å². The second-order valence-corrected chi connectivity index (χ2v) is 6.77. The Morgan fingerprint density at radius 1 is 1.24 bits per heavy atom. The van der Waals surface area contributed by atoms with Crippen molar-refractivity contribution in [2.24, 2.45) is 0 Å². The lowest BCUT2D eigenvalue weighted by Gasteiger charge is -2.38. The van der Waals surface area contributed by atoms with Crippen LogP contribution in [-0.2, 0) is 11.3 Å². The molecule has 2 amide bonds. The Kier molecular flexibility index (Phi) is 4.46. The fraction of sp³-hybridized carbons (Fsp3) is 0.222. The highest BCUT2D eigenvalue weighted by Crippen LogP contribution is 2.33. The zero-order chi connectivity index (χ0) is 18.2. The smallest absolute Gasteiger partial charge is 0.267 e. The van der Waals surface area contributed by atoms with Crippen LogP contribution in [-0.4, -0.2) is 48.5 Å². The number of aliphatic hydroxyl groups is 1. The van der Waals surface area contributed by atoms with Gasteiger partial charge in [-0.3, -0.25) is 14.8 Å². The number of carbonyl (C=O) groups is 2. The Morgan fingerprint density at radius 3 is 2.52 bits per heavy atom.